The lowest BCUT2D eigenvalue weighted by Gasteiger charge is -2.22. The Kier molecular flexibility index (Phi) is 6.67. The van der Waals surface area contributed by atoms with E-state index in [9.17, 15) is 14.7 Å². The van der Waals surface area contributed by atoms with E-state index in [1.807, 2.05) is 30.8 Å². The van der Waals surface area contributed by atoms with Crippen LogP contribution < -0.4 is 10.6 Å². The molecule has 206 valence electrons. The molecule has 0 spiro atoms. The summed E-state index contributed by atoms with van der Waals surface area (Å²) in [5.41, 5.74) is 2.17. The third-order valence-corrected chi connectivity index (χ3v) is 7.88. The highest BCUT2D eigenvalue weighted by Crippen LogP contribution is 2.53. The van der Waals surface area contributed by atoms with Crippen LogP contribution in [-0.4, -0.2) is 43.5 Å². The zero-order valence-corrected chi connectivity index (χ0v) is 22.1. The number of benzene rings is 1. The van der Waals surface area contributed by atoms with Crippen molar-refractivity contribution >= 4 is 34.3 Å². The summed E-state index contributed by atoms with van der Waals surface area (Å²) < 4.78 is 23.2. The molecule has 2 fully saturated rings. The van der Waals surface area contributed by atoms with E-state index in [4.69, 9.17) is 9.84 Å². The van der Waals surface area contributed by atoms with Crippen LogP contribution in [0, 0.1) is 24.6 Å². The fraction of sp³-hybridized carbons (Fsp3) is 0.345. The van der Waals surface area contributed by atoms with Crippen molar-refractivity contribution in [1.82, 2.24) is 19.7 Å². The number of nitrogens with zero attached hydrogens (tertiary/aromatic N) is 4. The highest BCUT2D eigenvalue weighted by Gasteiger charge is 2.53. The Morgan fingerprint density at radius 3 is 2.75 bits per heavy atom. The molecule has 2 aliphatic rings. The maximum absolute atomic E-state index is 15.6. The number of hydrogen-bond donors (Lipinski definition) is 3. The van der Waals surface area contributed by atoms with Gasteiger partial charge in [-0.15, -0.1) is 0 Å². The molecule has 11 heteroatoms. The summed E-state index contributed by atoms with van der Waals surface area (Å²) in [6.45, 7) is 4.57. The molecule has 3 N–H and O–H groups in total. The molecule has 1 saturated heterocycles. The first-order chi connectivity index (χ1) is 19.3. The number of halogens is 1. The number of carboxylic acid groups (broad SMARTS) is 1. The fourth-order valence-electron chi connectivity index (χ4n) is 5.66. The van der Waals surface area contributed by atoms with Gasteiger partial charge in [0, 0.05) is 53.8 Å². The third-order valence-electron chi connectivity index (χ3n) is 7.88. The molecular weight excluding hydrogens is 515 g/mol. The largest absolute Gasteiger partial charge is 0.465 e. The number of ether oxygens (including phenoxy) is 1. The van der Waals surface area contributed by atoms with E-state index in [1.54, 1.807) is 24.4 Å². The predicted molar refractivity (Wildman–Crippen MR) is 146 cm³/mol. The number of fused-ring (bicyclic) bond motifs is 1. The molecule has 40 heavy (non-hydrogen) atoms. The number of anilines is 2. The number of aromatic nitrogens is 4. The molecule has 1 saturated carbocycles. The van der Waals surface area contributed by atoms with Crippen molar-refractivity contribution in [1.29, 1.82) is 0 Å². The number of carbonyl (C=O) groups excluding carboxylic acids is 1. The van der Waals surface area contributed by atoms with Gasteiger partial charge in [0.15, 0.2) is 5.82 Å². The van der Waals surface area contributed by atoms with E-state index < -0.39 is 11.9 Å². The first-order valence-corrected chi connectivity index (χ1v) is 13.3. The average molecular weight is 545 g/mol. The van der Waals surface area contributed by atoms with Gasteiger partial charge in [-0.2, -0.15) is 5.10 Å². The van der Waals surface area contributed by atoms with E-state index in [0.29, 0.717) is 16.8 Å². The number of amides is 2. The van der Waals surface area contributed by atoms with Crippen LogP contribution in [0.5, 0.6) is 0 Å². The second kappa shape index (κ2) is 10.3. The van der Waals surface area contributed by atoms with Crippen molar-refractivity contribution in [2.45, 2.75) is 45.3 Å². The Morgan fingerprint density at radius 1 is 1.15 bits per heavy atom. The van der Waals surface area contributed by atoms with Gasteiger partial charge in [0.25, 0.3) is 0 Å². The fourth-order valence-corrected chi connectivity index (χ4v) is 5.66. The lowest BCUT2D eigenvalue weighted by atomic mass is 9.98. The summed E-state index contributed by atoms with van der Waals surface area (Å²) in [6, 6.07) is 6.93. The molecule has 3 aromatic heterocycles. The molecule has 6 rings (SSSR count). The van der Waals surface area contributed by atoms with Crippen LogP contribution in [-0.2, 0) is 9.53 Å². The van der Waals surface area contributed by atoms with Gasteiger partial charge < -0.3 is 15.2 Å². The molecule has 4 heterocycles. The minimum absolute atomic E-state index is 0.00841. The minimum atomic E-state index is -1.40. The lowest BCUT2D eigenvalue weighted by Crippen LogP contribution is -2.19. The van der Waals surface area contributed by atoms with Gasteiger partial charge in [0.2, 0.25) is 5.91 Å². The molecule has 4 unspecified atom stereocenters. The molecule has 1 aliphatic heterocycles. The first-order valence-electron chi connectivity index (χ1n) is 13.3. The number of rotatable bonds is 6. The van der Waals surface area contributed by atoms with Crippen molar-refractivity contribution in [2.24, 2.45) is 11.8 Å². The van der Waals surface area contributed by atoms with Crippen LogP contribution in [0.15, 0.2) is 49.1 Å². The Balaban J connectivity index is 1.26. The van der Waals surface area contributed by atoms with Gasteiger partial charge in [0.1, 0.15) is 12.0 Å². The molecule has 0 radical (unpaired) electrons. The molecule has 4 aromatic rings. The minimum Gasteiger partial charge on any atom is -0.465 e. The van der Waals surface area contributed by atoms with Gasteiger partial charge in [-0.05, 0) is 67.3 Å². The summed E-state index contributed by atoms with van der Waals surface area (Å²) in [4.78, 5) is 33.1. The van der Waals surface area contributed by atoms with E-state index in [-0.39, 0.29) is 46.5 Å². The Labute approximate surface area is 229 Å². The van der Waals surface area contributed by atoms with Gasteiger partial charge in [0.05, 0.1) is 17.3 Å². The number of aryl methyl sites for hydroxylation is 1. The normalized spacial score (nSPS) is 22.2. The summed E-state index contributed by atoms with van der Waals surface area (Å²) >= 11 is 0. The van der Waals surface area contributed by atoms with Crippen molar-refractivity contribution in [3.8, 4) is 11.1 Å². The maximum atomic E-state index is 15.6. The van der Waals surface area contributed by atoms with E-state index in [1.165, 1.54) is 12.4 Å². The molecular formula is C29H29FN6O4. The predicted octanol–water partition coefficient (Wildman–Crippen LogP) is 5.72. The Hall–Kier alpha value is -4.38. The number of carbonyl (C=O) groups is 2. The van der Waals surface area contributed by atoms with Gasteiger partial charge in [-0.1, -0.05) is 6.92 Å². The van der Waals surface area contributed by atoms with E-state index in [2.05, 4.69) is 20.6 Å². The van der Waals surface area contributed by atoms with E-state index in [0.717, 1.165) is 37.1 Å². The second-order valence-electron chi connectivity index (χ2n) is 10.5. The highest BCUT2D eigenvalue weighted by molar-refractivity contribution is 6.04. The first kappa shape index (κ1) is 25.9. The molecule has 1 aromatic carbocycles. The van der Waals surface area contributed by atoms with Gasteiger partial charge in [-0.25, -0.2) is 18.9 Å². The van der Waals surface area contributed by atoms with Crippen molar-refractivity contribution < 1.29 is 23.8 Å². The molecule has 2 amide bonds. The van der Waals surface area contributed by atoms with E-state index >= 15 is 4.39 Å². The van der Waals surface area contributed by atoms with Crippen LogP contribution in [0.1, 0.15) is 49.6 Å². The third kappa shape index (κ3) is 4.77. The van der Waals surface area contributed by atoms with Crippen LogP contribution in [0.3, 0.4) is 0 Å². The SMILES string of the molecule is Cc1ccncc1-c1cc2cc(NC(=O)C3C(C)C3c3ccn(C4CCCCO4)n3)ncc2c(NC(=O)O)c1F. The molecule has 1 aliphatic carbocycles. The highest BCUT2D eigenvalue weighted by atomic mass is 19.1. The van der Waals surface area contributed by atoms with Gasteiger partial charge in [-0.3, -0.25) is 15.1 Å². The van der Waals surface area contributed by atoms with Crippen LogP contribution in [0.4, 0.5) is 20.7 Å². The van der Waals surface area contributed by atoms with Crippen molar-refractivity contribution in [2.75, 3.05) is 17.2 Å². The van der Waals surface area contributed by atoms with Crippen LogP contribution in [0.25, 0.3) is 21.9 Å². The summed E-state index contributed by atoms with van der Waals surface area (Å²) in [5.74, 6) is -0.778. The van der Waals surface area contributed by atoms with Gasteiger partial charge >= 0.3 is 6.09 Å². The molecule has 4 atom stereocenters. The standard InChI is InChI=1S/C29H29FN6O4/c1-15-6-8-31-13-19(15)18-11-17-12-22(32-14-20(17)27(26(18)30)34-29(38)39)33-28(37)25-16(2)24(25)21-7-9-36(35-21)23-5-3-4-10-40-23/h6-9,11-14,16,23-25,34H,3-5,10H2,1-2H3,(H,38,39)(H,32,33,37). The van der Waals surface area contributed by atoms with Crippen molar-refractivity contribution in [3.05, 3.63) is 66.1 Å². The maximum Gasteiger partial charge on any atom is 0.409 e. The average Bonchev–Trinajstić information content (AvgIpc) is 3.37. The Morgan fingerprint density at radius 2 is 2.00 bits per heavy atom. The molecule has 0 bridgehead atoms. The van der Waals surface area contributed by atoms with Crippen LogP contribution in [0.2, 0.25) is 0 Å². The summed E-state index contributed by atoms with van der Waals surface area (Å²) in [7, 11) is 0. The zero-order valence-electron chi connectivity index (χ0n) is 22.1. The number of hydrogen-bond acceptors (Lipinski definition) is 6. The topological polar surface area (TPSA) is 131 Å². The summed E-state index contributed by atoms with van der Waals surface area (Å²) in [5, 5.41) is 19.9. The Bertz CT molecular complexity index is 1620. The number of pyridine rings is 2. The quantitative estimate of drug-likeness (QED) is 0.283. The summed E-state index contributed by atoms with van der Waals surface area (Å²) in [6.07, 6.45) is 8.04. The zero-order chi connectivity index (χ0) is 28.0. The second-order valence-corrected chi connectivity index (χ2v) is 10.5. The molecule has 10 nitrogen and oxygen atoms in total. The lowest BCUT2D eigenvalue weighted by molar-refractivity contribution is -0.117. The van der Waals surface area contributed by atoms with Crippen molar-refractivity contribution in [3.63, 3.8) is 0 Å². The smallest absolute Gasteiger partial charge is 0.409 e. The monoisotopic (exact) mass is 544 g/mol. The number of nitrogens with one attached hydrogen (secondary N) is 2. The van der Waals surface area contributed by atoms with Crippen LogP contribution >= 0.6 is 0 Å².